The molecule has 1 aromatic heterocycles. The van der Waals surface area contributed by atoms with Crippen molar-refractivity contribution in [2.75, 3.05) is 11.8 Å². The fourth-order valence-corrected chi connectivity index (χ4v) is 3.73. The molecule has 0 spiro atoms. The fourth-order valence-electron chi connectivity index (χ4n) is 2.02. The maximum atomic E-state index is 12.3. The van der Waals surface area contributed by atoms with Crippen LogP contribution in [0.1, 0.15) is 5.56 Å². The minimum Gasteiger partial charge on any atom is -0.497 e. The van der Waals surface area contributed by atoms with Gasteiger partial charge in [-0.3, -0.25) is 0 Å². The van der Waals surface area contributed by atoms with Gasteiger partial charge >= 0.3 is 0 Å². The third kappa shape index (κ3) is 4.52. The van der Waals surface area contributed by atoms with E-state index in [-0.39, 0.29) is 10.8 Å². The highest BCUT2D eigenvalue weighted by Crippen LogP contribution is 2.21. The maximum absolute atomic E-state index is 12.3. The summed E-state index contributed by atoms with van der Waals surface area (Å²) < 4.78 is 32.1. The van der Waals surface area contributed by atoms with Crippen LogP contribution in [0.15, 0.2) is 64.6 Å². The number of H-pyrrole nitrogens is 1. The average Bonchev–Trinajstić information content (AvgIpc) is 3.07. The first-order valence-electron chi connectivity index (χ1n) is 7.33. The van der Waals surface area contributed by atoms with E-state index in [1.165, 1.54) is 31.0 Å². The Kier molecular flexibility index (Phi) is 5.25. The lowest BCUT2D eigenvalue weighted by atomic mass is 10.2. The van der Waals surface area contributed by atoms with E-state index < -0.39 is 10.0 Å². The molecule has 0 radical (unpaired) electrons. The van der Waals surface area contributed by atoms with Crippen LogP contribution in [-0.2, 0) is 15.8 Å². The number of aromatic amines is 1. The second-order valence-electron chi connectivity index (χ2n) is 5.02. The number of rotatable bonds is 7. The Hall–Kier alpha value is -2.52. The van der Waals surface area contributed by atoms with Crippen molar-refractivity contribution in [3.63, 3.8) is 0 Å². The number of benzene rings is 2. The molecule has 0 aliphatic heterocycles. The minimum atomic E-state index is -3.74. The van der Waals surface area contributed by atoms with Gasteiger partial charge in [-0.15, -0.1) is 5.10 Å². The number of thioether (sulfide) groups is 1. The molecule has 0 saturated carbocycles. The molecule has 1 heterocycles. The van der Waals surface area contributed by atoms with Gasteiger partial charge in [-0.25, -0.2) is 18.2 Å². The first-order valence-corrected chi connectivity index (χ1v) is 9.80. The predicted octanol–water partition coefficient (Wildman–Crippen LogP) is 2.91. The first-order chi connectivity index (χ1) is 12.1. The number of hydrogen-bond acceptors (Lipinski definition) is 6. The van der Waals surface area contributed by atoms with Gasteiger partial charge in [0.15, 0.2) is 0 Å². The Balaban J connectivity index is 1.65. The molecule has 0 unspecified atom stereocenters. The molecular weight excluding hydrogens is 360 g/mol. The Morgan fingerprint density at radius 2 is 1.84 bits per heavy atom. The van der Waals surface area contributed by atoms with Crippen molar-refractivity contribution >= 4 is 27.7 Å². The van der Waals surface area contributed by atoms with Gasteiger partial charge in [-0.1, -0.05) is 42.1 Å². The molecule has 0 fully saturated rings. The van der Waals surface area contributed by atoms with Gasteiger partial charge in [-0.2, -0.15) is 4.98 Å². The van der Waals surface area contributed by atoms with Crippen molar-refractivity contribution in [1.29, 1.82) is 0 Å². The molecule has 7 nitrogen and oxygen atoms in total. The Morgan fingerprint density at radius 1 is 1.12 bits per heavy atom. The molecule has 0 saturated heterocycles. The molecule has 0 amide bonds. The second kappa shape index (κ2) is 7.58. The number of methoxy groups -OCH3 is 1. The van der Waals surface area contributed by atoms with Gasteiger partial charge < -0.3 is 4.74 Å². The Morgan fingerprint density at radius 3 is 2.52 bits per heavy atom. The van der Waals surface area contributed by atoms with Crippen LogP contribution >= 0.6 is 11.8 Å². The third-order valence-electron chi connectivity index (χ3n) is 3.28. The topological polar surface area (TPSA) is 97.0 Å². The monoisotopic (exact) mass is 376 g/mol. The van der Waals surface area contributed by atoms with Crippen LogP contribution in [0.25, 0.3) is 0 Å². The summed E-state index contributed by atoms with van der Waals surface area (Å²) in [6.45, 7) is 0. The summed E-state index contributed by atoms with van der Waals surface area (Å²) >= 11 is 1.42. The number of nitrogens with one attached hydrogen (secondary N) is 2. The molecule has 0 atom stereocenters. The summed E-state index contributed by atoms with van der Waals surface area (Å²) in [6, 6.07) is 16.0. The first kappa shape index (κ1) is 17.3. The van der Waals surface area contributed by atoms with Crippen LogP contribution in [0.4, 0.5) is 5.95 Å². The number of anilines is 1. The smallest absolute Gasteiger partial charge is 0.264 e. The lowest BCUT2D eigenvalue weighted by molar-refractivity contribution is 0.414. The van der Waals surface area contributed by atoms with Crippen LogP contribution in [0.3, 0.4) is 0 Å². The van der Waals surface area contributed by atoms with E-state index in [1.807, 2.05) is 30.3 Å². The zero-order valence-electron chi connectivity index (χ0n) is 13.3. The molecule has 0 bridgehead atoms. The lowest BCUT2D eigenvalue weighted by Crippen LogP contribution is -2.13. The molecular formula is C16H16N4O3S2. The highest BCUT2D eigenvalue weighted by Gasteiger charge is 2.16. The fraction of sp³-hybridized carbons (Fsp3) is 0.125. The van der Waals surface area contributed by atoms with Crippen molar-refractivity contribution < 1.29 is 13.2 Å². The Bertz CT molecular complexity index is 926. The standard InChI is InChI=1S/C16H16N4O3S2/c1-23-13-7-9-14(10-8-13)25(21,22)20-15-17-16(19-18-15)24-11-12-5-3-2-4-6-12/h2-10H,11H2,1H3,(H2,17,18,19,20). The molecule has 0 aliphatic rings. The summed E-state index contributed by atoms with van der Waals surface area (Å²) in [6.07, 6.45) is 0. The number of nitrogens with zero attached hydrogens (tertiary/aromatic N) is 2. The summed E-state index contributed by atoms with van der Waals surface area (Å²) in [5, 5.41) is 7.08. The SMILES string of the molecule is COc1ccc(S(=O)(=O)Nc2nc(SCc3ccccc3)n[nH]2)cc1. The van der Waals surface area contributed by atoms with E-state index in [0.29, 0.717) is 16.7 Å². The van der Waals surface area contributed by atoms with Crippen LogP contribution in [-0.4, -0.2) is 30.7 Å². The van der Waals surface area contributed by atoms with Crippen molar-refractivity contribution in [1.82, 2.24) is 15.2 Å². The van der Waals surface area contributed by atoms with Gasteiger partial charge in [0.1, 0.15) is 5.75 Å². The quantitative estimate of drug-likeness (QED) is 0.616. The highest BCUT2D eigenvalue weighted by atomic mass is 32.2. The van der Waals surface area contributed by atoms with E-state index >= 15 is 0 Å². The molecule has 3 aromatic rings. The number of hydrogen-bond donors (Lipinski definition) is 2. The van der Waals surface area contributed by atoms with Crippen LogP contribution in [0.2, 0.25) is 0 Å². The summed E-state index contributed by atoms with van der Waals surface area (Å²) in [4.78, 5) is 4.27. The van der Waals surface area contributed by atoms with Crippen molar-refractivity contribution in [3.8, 4) is 5.75 Å². The van der Waals surface area contributed by atoms with Gasteiger partial charge in [0.05, 0.1) is 12.0 Å². The molecule has 3 rings (SSSR count). The maximum Gasteiger partial charge on any atom is 0.264 e. The van der Waals surface area contributed by atoms with Gasteiger partial charge in [0.2, 0.25) is 11.1 Å². The summed E-state index contributed by atoms with van der Waals surface area (Å²) in [5.74, 6) is 1.35. The molecule has 0 aliphatic carbocycles. The molecule has 130 valence electrons. The van der Waals surface area contributed by atoms with Crippen LogP contribution in [0, 0.1) is 0 Å². The van der Waals surface area contributed by atoms with Gasteiger partial charge in [0, 0.05) is 5.75 Å². The zero-order chi connectivity index (χ0) is 17.7. The van der Waals surface area contributed by atoms with E-state index in [0.717, 1.165) is 5.56 Å². The normalized spacial score (nSPS) is 11.2. The second-order valence-corrected chi connectivity index (χ2v) is 7.65. The highest BCUT2D eigenvalue weighted by molar-refractivity contribution is 7.98. The largest absolute Gasteiger partial charge is 0.497 e. The summed E-state index contributed by atoms with van der Waals surface area (Å²) in [7, 11) is -2.22. The van der Waals surface area contributed by atoms with E-state index in [1.54, 1.807) is 12.1 Å². The molecule has 2 aromatic carbocycles. The van der Waals surface area contributed by atoms with Crippen molar-refractivity contribution in [3.05, 3.63) is 60.2 Å². The lowest BCUT2D eigenvalue weighted by Gasteiger charge is -2.05. The van der Waals surface area contributed by atoms with Crippen molar-refractivity contribution in [2.45, 2.75) is 15.8 Å². The van der Waals surface area contributed by atoms with Gasteiger partial charge in [0.25, 0.3) is 10.0 Å². The number of ether oxygens (including phenoxy) is 1. The van der Waals surface area contributed by atoms with Crippen molar-refractivity contribution in [2.24, 2.45) is 0 Å². The number of aromatic nitrogens is 3. The predicted molar refractivity (Wildman–Crippen MR) is 96.2 cm³/mol. The third-order valence-corrected chi connectivity index (χ3v) is 5.55. The zero-order valence-corrected chi connectivity index (χ0v) is 15.0. The molecule has 25 heavy (non-hydrogen) atoms. The van der Waals surface area contributed by atoms with E-state index in [4.69, 9.17) is 4.74 Å². The van der Waals surface area contributed by atoms with Crippen LogP contribution in [0.5, 0.6) is 5.75 Å². The van der Waals surface area contributed by atoms with Crippen LogP contribution < -0.4 is 9.46 Å². The van der Waals surface area contributed by atoms with Gasteiger partial charge in [-0.05, 0) is 29.8 Å². The minimum absolute atomic E-state index is 0.0754. The van der Waals surface area contributed by atoms with E-state index in [2.05, 4.69) is 19.9 Å². The average molecular weight is 376 g/mol. The Labute approximate surface area is 149 Å². The molecule has 2 N–H and O–H groups in total. The molecule has 9 heteroatoms. The van der Waals surface area contributed by atoms with E-state index in [9.17, 15) is 8.42 Å². The summed E-state index contributed by atoms with van der Waals surface area (Å²) in [5.41, 5.74) is 1.14. The number of sulfonamides is 1.